The summed E-state index contributed by atoms with van der Waals surface area (Å²) < 4.78 is 0. The normalized spacial score (nSPS) is 15.9. The van der Waals surface area contributed by atoms with E-state index < -0.39 is 120 Å². The molecule has 0 bridgehead atoms. The summed E-state index contributed by atoms with van der Waals surface area (Å²) in [4.78, 5) is 153. The third-order valence-electron chi connectivity index (χ3n) is 14.8. The maximum absolute atomic E-state index is 14.8. The highest BCUT2D eigenvalue weighted by atomic mass is 16.4. The first-order chi connectivity index (χ1) is 42.8. The predicted molar refractivity (Wildman–Crippen MR) is 349 cm³/mol. The second-order valence-electron chi connectivity index (χ2n) is 25.1. The molecule has 27 N–H and O–H groups in total. The molecule has 0 saturated carbocycles. The van der Waals surface area contributed by atoms with Crippen molar-refractivity contribution >= 4 is 77.0 Å². The summed E-state index contributed by atoms with van der Waals surface area (Å²) in [6.07, 6.45) is 3.86. The molecule has 1 heterocycles. The van der Waals surface area contributed by atoms with Gasteiger partial charge in [-0.05, 0) is 152 Å². The number of nitrogens with two attached hydrogens (primary N) is 9. The Labute approximate surface area is 536 Å². The highest BCUT2D eigenvalue weighted by Crippen LogP contribution is 2.22. The first-order valence-electron chi connectivity index (χ1n) is 32.1. The van der Waals surface area contributed by atoms with Crippen LogP contribution in [-0.4, -0.2) is 187 Å². The molecule has 1 fully saturated rings. The number of hydrogen-bond acceptors (Lipinski definition) is 16. The van der Waals surface area contributed by atoms with Crippen molar-refractivity contribution in [3.05, 3.63) is 0 Å². The molecule has 0 aliphatic carbocycles. The molecule has 0 unspecified atom stereocenters. The Hall–Kier alpha value is -7.61. The Bertz CT molecular complexity index is 2400. The number of carbonyl (C=O) groups excluding carboxylic acids is 9. The molecule has 91 heavy (non-hydrogen) atoms. The molecule has 1 aliphatic heterocycles. The summed E-state index contributed by atoms with van der Waals surface area (Å²) in [6, 6.07) is -12.0. The van der Waals surface area contributed by atoms with Crippen molar-refractivity contribution in [1.29, 1.82) is 0 Å². The smallest absolute Gasteiger partial charge is 0.326 e. The number of likely N-dealkylation sites (tertiary alicyclic amines) is 1. The van der Waals surface area contributed by atoms with Crippen LogP contribution in [-0.2, 0) is 47.9 Å². The Kier molecular flexibility index (Phi) is 39.3. The van der Waals surface area contributed by atoms with Crippen molar-refractivity contribution in [1.82, 2.24) is 47.4 Å². The summed E-state index contributed by atoms with van der Waals surface area (Å²) in [5.74, 6) is -8.51. The topological polar surface area (TPSA) is 562 Å². The summed E-state index contributed by atoms with van der Waals surface area (Å²) in [7, 11) is 0. The van der Waals surface area contributed by atoms with E-state index in [0.717, 1.165) is 0 Å². The number of rotatable bonds is 46. The first kappa shape index (κ1) is 81.4. The molecular weight excluding hydrogens is 1180 g/mol. The van der Waals surface area contributed by atoms with E-state index >= 15 is 0 Å². The summed E-state index contributed by atoms with van der Waals surface area (Å²) in [5, 5.41) is 31.9. The number of carboxylic acid groups (broad SMARTS) is 1. The molecule has 0 aromatic carbocycles. The summed E-state index contributed by atoms with van der Waals surface area (Å²) in [5.41, 5.74) is 50.8. The van der Waals surface area contributed by atoms with Crippen LogP contribution in [0.2, 0.25) is 0 Å². The molecule has 9 amide bonds. The van der Waals surface area contributed by atoms with E-state index in [1.807, 2.05) is 55.4 Å². The molecule has 0 spiro atoms. The zero-order chi connectivity index (χ0) is 68.9. The van der Waals surface area contributed by atoms with Crippen LogP contribution in [0.1, 0.15) is 171 Å². The molecule has 0 aromatic rings. The Morgan fingerprint density at radius 3 is 1.09 bits per heavy atom. The lowest BCUT2D eigenvalue weighted by Crippen LogP contribution is -2.60. The van der Waals surface area contributed by atoms with Gasteiger partial charge in [0.15, 0.2) is 17.9 Å². The minimum atomic E-state index is -1.34. The number of nitrogens with zero attached hydrogens (tertiary/aromatic N) is 4. The fourth-order valence-corrected chi connectivity index (χ4v) is 10.2. The number of aliphatic imine (C=N–C) groups is 3. The van der Waals surface area contributed by atoms with E-state index in [-0.39, 0.29) is 151 Å². The van der Waals surface area contributed by atoms with E-state index in [9.17, 15) is 53.1 Å². The zero-order valence-electron chi connectivity index (χ0n) is 55.1. The van der Waals surface area contributed by atoms with Crippen LogP contribution in [0.25, 0.3) is 0 Å². The van der Waals surface area contributed by atoms with Gasteiger partial charge in [-0.2, -0.15) is 0 Å². The first-order valence-corrected chi connectivity index (χ1v) is 32.1. The zero-order valence-corrected chi connectivity index (χ0v) is 55.1. The molecule has 10 atom stereocenters. The number of carbonyl (C=O) groups is 10. The molecule has 1 rings (SSSR count). The van der Waals surface area contributed by atoms with Crippen LogP contribution in [0.5, 0.6) is 0 Å². The van der Waals surface area contributed by atoms with Crippen LogP contribution in [0.3, 0.4) is 0 Å². The lowest BCUT2D eigenvalue weighted by atomic mass is 9.99. The van der Waals surface area contributed by atoms with E-state index in [1.165, 1.54) is 4.90 Å². The predicted octanol–water partition coefficient (Wildman–Crippen LogP) is -3.13. The maximum Gasteiger partial charge on any atom is 0.326 e. The number of nitrogens with one attached hydrogen (secondary N) is 8. The molecule has 1 aliphatic rings. The van der Waals surface area contributed by atoms with Gasteiger partial charge in [-0.3, -0.25) is 58.1 Å². The number of carboxylic acids is 1. The van der Waals surface area contributed by atoms with Gasteiger partial charge in [-0.15, -0.1) is 0 Å². The molecular formula is C59H113N21O11. The van der Waals surface area contributed by atoms with Gasteiger partial charge < -0.3 is 104 Å². The van der Waals surface area contributed by atoms with Crippen molar-refractivity contribution in [3.63, 3.8) is 0 Å². The third kappa shape index (κ3) is 33.9. The highest BCUT2D eigenvalue weighted by molar-refractivity contribution is 5.99. The number of guanidine groups is 3. The minimum absolute atomic E-state index is 0.0186. The van der Waals surface area contributed by atoms with Gasteiger partial charge in [0.1, 0.15) is 54.4 Å². The monoisotopic (exact) mass is 1290 g/mol. The van der Waals surface area contributed by atoms with Gasteiger partial charge in [-0.25, -0.2) is 4.79 Å². The average Bonchev–Trinajstić information content (AvgIpc) is 2.02. The summed E-state index contributed by atoms with van der Waals surface area (Å²) >= 11 is 0. The van der Waals surface area contributed by atoms with Gasteiger partial charge in [0.05, 0.1) is 6.04 Å². The van der Waals surface area contributed by atoms with E-state index in [1.54, 1.807) is 0 Å². The SMILES string of the molecule is CC(C)C[C@H](NC(=O)[C@H](CC(C)C)NC(=O)[C@H](CCCN=C(N)N)NC(=O)[C@H](CCCCN)NC(=O)[C@@H]1CCCN1C(=O)[C@H](CC(C)C)NC(=O)[C@H](CCCCN)NC(=O)[C@H](CCCN=C(N)N)NC(=O)[C@@H](N)CC(C)C)C(=O)N[C@@H](CCCN=C(N)N)C(=O)O. The Morgan fingerprint density at radius 1 is 0.418 bits per heavy atom. The molecule has 32 nitrogen and oxygen atoms in total. The fourth-order valence-electron chi connectivity index (χ4n) is 10.2. The van der Waals surface area contributed by atoms with Gasteiger partial charge in [0, 0.05) is 26.2 Å². The number of aliphatic carboxylic acids is 1. The molecule has 520 valence electrons. The van der Waals surface area contributed by atoms with Gasteiger partial charge in [0.25, 0.3) is 0 Å². The lowest BCUT2D eigenvalue weighted by Gasteiger charge is -2.32. The van der Waals surface area contributed by atoms with E-state index in [2.05, 4.69) is 57.5 Å². The van der Waals surface area contributed by atoms with E-state index in [4.69, 9.17) is 51.6 Å². The quantitative estimate of drug-likeness (QED) is 0.0163. The van der Waals surface area contributed by atoms with Gasteiger partial charge in [0.2, 0.25) is 53.2 Å². The average molecular weight is 1290 g/mol. The Balaban J connectivity index is 3.62. The van der Waals surface area contributed by atoms with Crippen LogP contribution in [0, 0.1) is 23.7 Å². The molecule has 0 aromatic heterocycles. The van der Waals surface area contributed by atoms with Gasteiger partial charge in [-0.1, -0.05) is 55.4 Å². The number of hydrogen-bond donors (Lipinski definition) is 18. The number of unbranched alkanes of at least 4 members (excludes halogenated alkanes) is 2. The second kappa shape index (κ2) is 44.0. The van der Waals surface area contributed by atoms with Crippen LogP contribution in [0.15, 0.2) is 15.0 Å². The van der Waals surface area contributed by atoms with Crippen molar-refractivity contribution < 1.29 is 53.1 Å². The second-order valence-corrected chi connectivity index (χ2v) is 25.1. The standard InChI is InChI=1S/C59H113N21O11/c1-33(2)29-37(62)47(81)72-40(19-13-25-69-57(63)64)49(83)73-38(17-9-11-23-60)51(85)79-45(32-36(7)8)55(89)80-28-16-22-46(80)54(88)75-39(18-10-12-24-61)48(82)74-41(20-14-26-70-58(65)66)50(84)77-44(31-35(5)6)53(87)78-43(30-34(3)4)52(86)76-42(56(90)91)21-15-27-71-59(67)68/h33-46H,9-32,60-62H2,1-8H3,(H,72,81)(H,73,83)(H,74,82)(H,75,88)(H,76,86)(H,77,84)(H,78,87)(H,79,85)(H,90,91)(H4,63,64,69)(H4,65,66,70)(H4,67,68,71)/t37-,38-,39-,40-,41-,42-,43-,44-,45-,46-/m0/s1. The fraction of sp³-hybridized carbons (Fsp3) is 0.780. The van der Waals surface area contributed by atoms with Crippen LogP contribution >= 0.6 is 0 Å². The summed E-state index contributed by atoms with van der Waals surface area (Å²) in [6.45, 7) is 15.8. The van der Waals surface area contributed by atoms with Crippen LogP contribution < -0.4 is 94.1 Å². The van der Waals surface area contributed by atoms with E-state index in [0.29, 0.717) is 45.1 Å². The highest BCUT2D eigenvalue weighted by Gasteiger charge is 2.41. The maximum atomic E-state index is 14.8. The Morgan fingerprint density at radius 2 is 0.725 bits per heavy atom. The lowest BCUT2D eigenvalue weighted by molar-refractivity contribution is -0.143. The molecule has 0 radical (unpaired) electrons. The van der Waals surface area contributed by atoms with Gasteiger partial charge >= 0.3 is 5.97 Å². The number of amides is 9. The molecule has 1 saturated heterocycles. The third-order valence-corrected chi connectivity index (χ3v) is 14.8. The van der Waals surface area contributed by atoms with Crippen molar-refractivity contribution in [2.45, 2.75) is 231 Å². The van der Waals surface area contributed by atoms with Crippen LogP contribution in [0.4, 0.5) is 0 Å². The van der Waals surface area contributed by atoms with Crippen molar-refractivity contribution in [3.8, 4) is 0 Å². The minimum Gasteiger partial charge on any atom is -0.480 e. The van der Waals surface area contributed by atoms with Crippen molar-refractivity contribution in [2.75, 3.05) is 39.3 Å². The van der Waals surface area contributed by atoms with Crippen molar-refractivity contribution in [2.24, 2.45) is 90.3 Å². The largest absolute Gasteiger partial charge is 0.480 e. The molecule has 32 heteroatoms.